The van der Waals surface area contributed by atoms with E-state index in [0.717, 1.165) is 0 Å². The Labute approximate surface area is 113 Å². The zero-order chi connectivity index (χ0) is 14.3. The molecule has 20 heavy (non-hydrogen) atoms. The summed E-state index contributed by atoms with van der Waals surface area (Å²) in [5, 5.41) is 22.5. The fourth-order valence-electron chi connectivity index (χ4n) is 2.53. The van der Waals surface area contributed by atoms with Crippen LogP contribution in [0.25, 0.3) is 11.2 Å². The molecule has 0 aromatic carbocycles. The van der Waals surface area contributed by atoms with E-state index >= 15 is 0 Å². The van der Waals surface area contributed by atoms with Crippen molar-refractivity contribution in [1.29, 1.82) is 0 Å². The van der Waals surface area contributed by atoms with Gasteiger partial charge in [0.05, 0.1) is 25.3 Å². The van der Waals surface area contributed by atoms with Crippen LogP contribution in [0.2, 0.25) is 0 Å². The molecule has 2 aromatic rings. The molecule has 9 nitrogen and oxygen atoms in total. The standard InChI is InChI=1S/C11H15N5O4/c1-12-6-5(2-17)20-11(8(6)18)16-4-15-7-9(16)13-3-14-10(7)19/h3-6,8,11-12,17-18H,2H2,1H3,(H,13,14,19)/t5-,6-,8-,11-/m1/s1. The molecule has 0 spiro atoms. The highest BCUT2D eigenvalue weighted by atomic mass is 16.5. The van der Waals surface area contributed by atoms with Crippen LogP contribution in [0, 0.1) is 0 Å². The molecule has 9 heteroatoms. The van der Waals surface area contributed by atoms with Crippen molar-refractivity contribution in [2.75, 3.05) is 13.7 Å². The van der Waals surface area contributed by atoms with E-state index in [2.05, 4.69) is 20.3 Å². The lowest BCUT2D eigenvalue weighted by molar-refractivity contribution is -0.0489. The normalized spacial score (nSPS) is 30.1. The molecule has 1 aliphatic heterocycles. The first-order chi connectivity index (χ1) is 9.67. The number of hydrogen-bond acceptors (Lipinski definition) is 7. The van der Waals surface area contributed by atoms with E-state index in [0.29, 0.717) is 5.65 Å². The molecule has 108 valence electrons. The molecule has 4 atom stereocenters. The van der Waals surface area contributed by atoms with Crippen molar-refractivity contribution < 1.29 is 14.9 Å². The third kappa shape index (κ3) is 1.83. The Bertz CT molecular complexity index is 668. The summed E-state index contributed by atoms with van der Waals surface area (Å²) >= 11 is 0. The zero-order valence-corrected chi connectivity index (χ0v) is 10.7. The molecule has 3 heterocycles. The summed E-state index contributed by atoms with van der Waals surface area (Å²) in [4.78, 5) is 22.1. The van der Waals surface area contributed by atoms with Crippen molar-refractivity contribution in [2.45, 2.75) is 24.5 Å². The minimum absolute atomic E-state index is 0.178. The van der Waals surface area contributed by atoms with Crippen LogP contribution in [0.4, 0.5) is 0 Å². The smallest absolute Gasteiger partial charge is 0.278 e. The van der Waals surface area contributed by atoms with Gasteiger partial charge in [-0.05, 0) is 7.05 Å². The Hall–Kier alpha value is -1.81. The van der Waals surface area contributed by atoms with Crippen molar-refractivity contribution in [3.8, 4) is 0 Å². The highest BCUT2D eigenvalue weighted by Crippen LogP contribution is 2.30. The fourth-order valence-corrected chi connectivity index (χ4v) is 2.53. The van der Waals surface area contributed by atoms with Crippen molar-refractivity contribution in [3.63, 3.8) is 0 Å². The predicted octanol–water partition coefficient (Wildman–Crippen LogP) is -2.04. The van der Waals surface area contributed by atoms with E-state index < -0.39 is 24.5 Å². The monoisotopic (exact) mass is 281 g/mol. The number of aromatic amines is 1. The van der Waals surface area contributed by atoms with E-state index in [9.17, 15) is 15.0 Å². The number of likely N-dealkylation sites (N-methyl/N-ethyl adjacent to an activating group) is 1. The first-order valence-corrected chi connectivity index (χ1v) is 6.19. The third-order valence-corrected chi connectivity index (χ3v) is 3.53. The van der Waals surface area contributed by atoms with Gasteiger partial charge in [0.15, 0.2) is 17.4 Å². The summed E-state index contributed by atoms with van der Waals surface area (Å²) in [6.45, 7) is -0.223. The Morgan fingerprint density at radius 1 is 1.55 bits per heavy atom. The summed E-state index contributed by atoms with van der Waals surface area (Å²) in [5.74, 6) is 0. The second-order valence-electron chi connectivity index (χ2n) is 4.61. The van der Waals surface area contributed by atoms with Crippen LogP contribution >= 0.6 is 0 Å². The number of aromatic nitrogens is 4. The molecule has 1 fully saturated rings. The second-order valence-corrected chi connectivity index (χ2v) is 4.61. The van der Waals surface area contributed by atoms with Crippen molar-refractivity contribution >= 4 is 11.2 Å². The first kappa shape index (κ1) is 13.2. The van der Waals surface area contributed by atoms with Crippen molar-refractivity contribution in [3.05, 3.63) is 23.0 Å². The van der Waals surface area contributed by atoms with E-state index in [4.69, 9.17) is 4.74 Å². The van der Waals surface area contributed by atoms with Gasteiger partial charge >= 0.3 is 0 Å². The second kappa shape index (κ2) is 4.94. The lowest BCUT2D eigenvalue weighted by atomic mass is 10.1. The number of imidazole rings is 1. The van der Waals surface area contributed by atoms with Crippen LogP contribution in [0.5, 0.6) is 0 Å². The minimum atomic E-state index is -0.893. The van der Waals surface area contributed by atoms with E-state index in [-0.39, 0.29) is 17.7 Å². The molecule has 0 bridgehead atoms. The lowest BCUT2D eigenvalue weighted by Crippen LogP contribution is -2.43. The van der Waals surface area contributed by atoms with Gasteiger partial charge in [-0.3, -0.25) is 9.36 Å². The van der Waals surface area contributed by atoms with Gasteiger partial charge in [-0.25, -0.2) is 9.97 Å². The minimum Gasteiger partial charge on any atom is -0.394 e. The Kier molecular flexibility index (Phi) is 3.26. The average molecular weight is 281 g/mol. The summed E-state index contributed by atoms with van der Waals surface area (Å²) in [6.07, 6.45) is 0.468. The highest BCUT2D eigenvalue weighted by Gasteiger charge is 2.44. The Morgan fingerprint density at radius 2 is 2.35 bits per heavy atom. The number of fused-ring (bicyclic) bond motifs is 1. The number of H-pyrrole nitrogens is 1. The van der Waals surface area contributed by atoms with Crippen LogP contribution in [-0.4, -0.2) is 61.6 Å². The Morgan fingerprint density at radius 3 is 3.00 bits per heavy atom. The van der Waals surface area contributed by atoms with Crippen LogP contribution < -0.4 is 10.9 Å². The number of aliphatic hydroxyl groups is 2. The summed E-state index contributed by atoms with van der Waals surface area (Å²) < 4.78 is 7.12. The molecule has 3 rings (SSSR count). The van der Waals surface area contributed by atoms with Crippen LogP contribution in [0.15, 0.2) is 17.4 Å². The van der Waals surface area contributed by atoms with Crippen molar-refractivity contribution in [2.24, 2.45) is 0 Å². The molecule has 0 amide bonds. The lowest BCUT2D eigenvalue weighted by Gasteiger charge is -2.18. The van der Waals surface area contributed by atoms with Gasteiger partial charge in [-0.1, -0.05) is 0 Å². The molecule has 1 aliphatic rings. The number of aliphatic hydroxyl groups excluding tert-OH is 2. The van der Waals surface area contributed by atoms with Gasteiger partial charge in [-0.2, -0.15) is 0 Å². The van der Waals surface area contributed by atoms with Crippen LogP contribution in [0.1, 0.15) is 6.23 Å². The number of nitrogens with zero attached hydrogens (tertiary/aromatic N) is 3. The maximum atomic E-state index is 11.6. The molecule has 0 saturated carbocycles. The average Bonchev–Trinajstić information content (AvgIpc) is 3.00. The molecule has 1 saturated heterocycles. The van der Waals surface area contributed by atoms with Gasteiger partial charge in [0.25, 0.3) is 5.56 Å². The van der Waals surface area contributed by atoms with Crippen LogP contribution in [-0.2, 0) is 4.74 Å². The predicted molar refractivity (Wildman–Crippen MR) is 68.0 cm³/mol. The largest absolute Gasteiger partial charge is 0.394 e. The quantitative estimate of drug-likeness (QED) is 0.510. The number of ether oxygens (including phenoxy) is 1. The van der Waals surface area contributed by atoms with Gasteiger partial charge in [0, 0.05) is 0 Å². The topological polar surface area (TPSA) is 125 Å². The molecular formula is C11H15N5O4. The first-order valence-electron chi connectivity index (χ1n) is 6.19. The Balaban J connectivity index is 2.04. The molecule has 4 N–H and O–H groups in total. The fraction of sp³-hybridized carbons (Fsp3) is 0.545. The van der Waals surface area contributed by atoms with Gasteiger partial charge in [-0.15, -0.1) is 0 Å². The summed E-state index contributed by atoms with van der Waals surface area (Å²) in [5.41, 5.74) is 0.146. The molecule has 0 unspecified atom stereocenters. The number of nitrogens with one attached hydrogen (secondary N) is 2. The maximum absolute atomic E-state index is 11.6. The van der Waals surface area contributed by atoms with Crippen LogP contribution in [0.3, 0.4) is 0 Å². The zero-order valence-electron chi connectivity index (χ0n) is 10.7. The van der Waals surface area contributed by atoms with Crippen molar-refractivity contribution in [1.82, 2.24) is 24.8 Å². The van der Waals surface area contributed by atoms with E-state index in [1.807, 2.05) is 0 Å². The number of hydrogen-bond donors (Lipinski definition) is 4. The number of rotatable bonds is 3. The molecule has 0 radical (unpaired) electrons. The van der Waals surface area contributed by atoms with Gasteiger partial charge < -0.3 is 25.3 Å². The molecule has 0 aliphatic carbocycles. The molecule has 2 aromatic heterocycles. The SMILES string of the molecule is CN[C@H]1[C@@H](O)[C@H](n2cnc3c(=O)[nH]cnc32)O[C@@H]1CO. The maximum Gasteiger partial charge on any atom is 0.278 e. The van der Waals surface area contributed by atoms with E-state index in [1.165, 1.54) is 17.2 Å². The highest BCUT2D eigenvalue weighted by molar-refractivity contribution is 5.68. The third-order valence-electron chi connectivity index (χ3n) is 3.53. The van der Waals surface area contributed by atoms with Gasteiger partial charge in [0.1, 0.15) is 12.2 Å². The van der Waals surface area contributed by atoms with E-state index in [1.54, 1.807) is 7.05 Å². The molecular weight excluding hydrogens is 266 g/mol. The van der Waals surface area contributed by atoms with Gasteiger partial charge in [0.2, 0.25) is 0 Å². The summed E-state index contributed by atoms with van der Waals surface area (Å²) in [7, 11) is 1.68. The summed E-state index contributed by atoms with van der Waals surface area (Å²) in [6, 6.07) is -0.413.